The molecule has 0 atom stereocenters. The normalized spacial score (nSPS) is 19.5. The van der Waals surface area contributed by atoms with Crippen molar-refractivity contribution in [2.24, 2.45) is 0 Å². The first-order chi connectivity index (χ1) is 6.24. The highest BCUT2D eigenvalue weighted by Crippen LogP contribution is 2.42. The summed E-state index contributed by atoms with van der Waals surface area (Å²) in [5, 5.41) is 3.90. The van der Waals surface area contributed by atoms with Gasteiger partial charge >= 0.3 is 0 Å². The van der Waals surface area contributed by atoms with Gasteiger partial charge in [-0.3, -0.25) is 0 Å². The zero-order valence-corrected chi connectivity index (χ0v) is 7.92. The summed E-state index contributed by atoms with van der Waals surface area (Å²) in [5.74, 6) is 1.55. The Bertz CT molecular complexity index is 312. The summed E-state index contributed by atoms with van der Waals surface area (Å²) in [6.07, 6.45) is 6.10. The zero-order chi connectivity index (χ0) is 9.31. The Morgan fingerprint density at radius 3 is 2.92 bits per heavy atom. The van der Waals surface area contributed by atoms with Crippen LogP contribution in [0.4, 0.5) is 0 Å². The van der Waals surface area contributed by atoms with Crippen LogP contribution in [0.25, 0.3) is 0 Å². The minimum Gasteiger partial charge on any atom is -0.339 e. The van der Waals surface area contributed by atoms with Crippen LogP contribution in [-0.2, 0) is 11.8 Å². The molecule has 1 aromatic rings. The second-order valence-corrected chi connectivity index (χ2v) is 3.92. The van der Waals surface area contributed by atoms with Crippen LogP contribution < -0.4 is 0 Å². The molecule has 0 spiro atoms. The highest BCUT2D eigenvalue weighted by atomic mass is 16.5. The van der Waals surface area contributed by atoms with Crippen LogP contribution in [0, 0.1) is 0 Å². The van der Waals surface area contributed by atoms with Crippen molar-refractivity contribution >= 4 is 0 Å². The topological polar surface area (TPSA) is 38.9 Å². The molecule has 1 aromatic heterocycles. The average molecular weight is 178 g/mol. The Morgan fingerprint density at radius 2 is 2.38 bits per heavy atom. The number of aromatic nitrogens is 2. The standard InChI is InChI=1S/C10H14N2O/c1-3-5-8-11-9(13-12-8)10(2)6-4-7-10/h3H,1,4-7H2,2H3. The molecule has 0 radical (unpaired) electrons. The van der Waals surface area contributed by atoms with Gasteiger partial charge in [-0.2, -0.15) is 4.98 Å². The number of nitrogens with zero attached hydrogens (tertiary/aromatic N) is 2. The van der Waals surface area contributed by atoms with Crippen molar-refractivity contribution in [3.05, 3.63) is 24.4 Å². The van der Waals surface area contributed by atoms with Crippen molar-refractivity contribution in [3.8, 4) is 0 Å². The molecule has 1 aliphatic rings. The lowest BCUT2D eigenvalue weighted by molar-refractivity contribution is 0.194. The third-order valence-corrected chi connectivity index (χ3v) is 2.77. The molecule has 0 unspecified atom stereocenters. The summed E-state index contributed by atoms with van der Waals surface area (Å²) in [6.45, 7) is 5.82. The van der Waals surface area contributed by atoms with E-state index in [1.54, 1.807) is 6.08 Å². The first-order valence-corrected chi connectivity index (χ1v) is 4.68. The molecule has 0 saturated heterocycles. The number of hydrogen-bond acceptors (Lipinski definition) is 3. The van der Waals surface area contributed by atoms with E-state index < -0.39 is 0 Å². The molecule has 3 nitrogen and oxygen atoms in total. The van der Waals surface area contributed by atoms with Gasteiger partial charge in [0.1, 0.15) is 0 Å². The van der Waals surface area contributed by atoms with E-state index in [4.69, 9.17) is 4.52 Å². The van der Waals surface area contributed by atoms with Crippen molar-refractivity contribution in [1.29, 1.82) is 0 Å². The molecule has 0 N–H and O–H groups in total. The van der Waals surface area contributed by atoms with Crippen LogP contribution in [0.3, 0.4) is 0 Å². The van der Waals surface area contributed by atoms with Crippen molar-refractivity contribution in [2.75, 3.05) is 0 Å². The second-order valence-electron chi connectivity index (χ2n) is 3.92. The molecule has 1 aliphatic carbocycles. The summed E-state index contributed by atoms with van der Waals surface area (Å²) in [5.41, 5.74) is 0.159. The molecule has 0 bridgehead atoms. The monoisotopic (exact) mass is 178 g/mol. The van der Waals surface area contributed by atoms with Crippen molar-refractivity contribution in [3.63, 3.8) is 0 Å². The second kappa shape index (κ2) is 2.98. The van der Waals surface area contributed by atoms with Crippen molar-refractivity contribution in [1.82, 2.24) is 10.1 Å². The number of allylic oxidation sites excluding steroid dienone is 1. The van der Waals surface area contributed by atoms with Crippen LogP contribution in [0.5, 0.6) is 0 Å². The van der Waals surface area contributed by atoms with E-state index in [1.807, 2.05) is 0 Å². The molecular formula is C10H14N2O. The smallest absolute Gasteiger partial charge is 0.232 e. The predicted molar refractivity (Wildman–Crippen MR) is 49.4 cm³/mol. The minimum atomic E-state index is 0.159. The van der Waals surface area contributed by atoms with Crippen LogP contribution in [0.15, 0.2) is 17.2 Å². The lowest BCUT2D eigenvalue weighted by Crippen LogP contribution is -2.30. The first kappa shape index (κ1) is 8.48. The largest absolute Gasteiger partial charge is 0.339 e. The van der Waals surface area contributed by atoms with Gasteiger partial charge in [0.05, 0.1) is 0 Å². The number of rotatable bonds is 3. The fraction of sp³-hybridized carbons (Fsp3) is 0.600. The molecule has 13 heavy (non-hydrogen) atoms. The fourth-order valence-electron chi connectivity index (χ4n) is 1.63. The van der Waals surface area contributed by atoms with Gasteiger partial charge < -0.3 is 4.52 Å². The van der Waals surface area contributed by atoms with Gasteiger partial charge in [-0.25, -0.2) is 0 Å². The molecule has 0 aromatic carbocycles. The van der Waals surface area contributed by atoms with Gasteiger partial charge in [-0.05, 0) is 12.8 Å². The third kappa shape index (κ3) is 1.39. The minimum absolute atomic E-state index is 0.159. The molecule has 0 aliphatic heterocycles. The molecule has 3 heteroatoms. The summed E-state index contributed by atoms with van der Waals surface area (Å²) in [4.78, 5) is 4.34. The van der Waals surface area contributed by atoms with Gasteiger partial charge in [0.2, 0.25) is 5.89 Å². The zero-order valence-electron chi connectivity index (χ0n) is 7.92. The van der Waals surface area contributed by atoms with E-state index in [9.17, 15) is 0 Å². The van der Waals surface area contributed by atoms with Gasteiger partial charge in [-0.15, -0.1) is 6.58 Å². The van der Waals surface area contributed by atoms with E-state index in [0.717, 1.165) is 11.7 Å². The van der Waals surface area contributed by atoms with E-state index >= 15 is 0 Å². The summed E-state index contributed by atoms with van der Waals surface area (Å²) in [7, 11) is 0. The van der Waals surface area contributed by atoms with E-state index in [0.29, 0.717) is 6.42 Å². The molecule has 1 heterocycles. The van der Waals surface area contributed by atoms with Crippen LogP contribution in [0.2, 0.25) is 0 Å². The van der Waals surface area contributed by atoms with E-state index in [-0.39, 0.29) is 5.41 Å². The maximum Gasteiger partial charge on any atom is 0.232 e. The highest BCUT2D eigenvalue weighted by molar-refractivity contribution is 5.08. The quantitative estimate of drug-likeness (QED) is 0.666. The highest BCUT2D eigenvalue weighted by Gasteiger charge is 2.38. The summed E-state index contributed by atoms with van der Waals surface area (Å²) < 4.78 is 5.22. The number of hydrogen-bond donors (Lipinski definition) is 0. The van der Waals surface area contributed by atoms with Crippen molar-refractivity contribution < 1.29 is 4.52 Å². The Balaban J connectivity index is 2.17. The van der Waals surface area contributed by atoms with Crippen LogP contribution in [-0.4, -0.2) is 10.1 Å². The molecule has 0 amide bonds. The lowest BCUT2D eigenvalue weighted by atomic mass is 9.70. The van der Waals surface area contributed by atoms with Gasteiger partial charge in [-0.1, -0.05) is 24.6 Å². The maximum atomic E-state index is 5.22. The fourth-order valence-corrected chi connectivity index (χ4v) is 1.63. The van der Waals surface area contributed by atoms with Crippen LogP contribution in [0.1, 0.15) is 37.9 Å². The Morgan fingerprint density at radius 1 is 1.62 bits per heavy atom. The van der Waals surface area contributed by atoms with Gasteiger partial charge in [0.25, 0.3) is 0 Å². The maximum absolute atomic E-state index is 5.22. The van der Waals surface area contributed by atoms with E-state index in [2.05, 4.69) is 23.6 Å². The predicted octanol–water partition coefficient (Wildman–Crippen LogP) is 2.24. The van der Waals surface area contributed by atoms with E-state index in [1.165, 1.54) is 19.3 Å². The molecule has 1 fully saturated rings. The SMILES string of the molecule is C=CCc1noc(C2(C)CCC2)n1. The Hall–Kier alpha value is -1.12. The molecule has 1 saturated carbocycles. The molecule has 70 valence electrons. The first-order valence-electron chi connectivity index (χ1n) is 4.68. The summed E-state index contributed by atoms with van der Waals surface area (Å²) in [6, 6.07) is 0. The molecular weight excluding hydrogens is 164 g/mol. The Kier molecular flexibility index (Phi) is 1.94. The summed E-state index contributed by atoms with van der Waals surface area (Å²) >= 11 is 0. The Labute approximate surface area is 77.8 Å². The van der Waals surface area contributed by atoms with Gasteiger partial charge in [0, 0.05) is 11.8 Å². The third-order valence-electron chi connectivity index (χ3n) is 2.77. The lowest BCUT2D eigenvalue weighted by Gasteiger charge is -2.34. The molecule has 2 rings (SSSR count). The van der Waals surface area contributed by atoms with Gasteiger partial charge in [0.15, 0.2) is 5.82 Å². The van der Waals surface area contributed by atoms with Crippen LogP contribution >= 0.6 is 0 Å². The van der Waals surface area contributed by atoms with Crippen molar-refractivity contribution in [2.45, 2.75) is 38.0 Å². The average Bonchev–Trinajstić information content (AvgIpc) is 2.50.